The van der Waals surface area contributed by atoms with Crippen molar-refractivity contribution in [3.05, 3.63) is 22.8 Å². The van der Waals surface area contributed by atoms with E-state index in [0.717, 1.165) is 24.8 Å². The highest BCUT2D eigenvalue weighted by atomic mass is 16.6. The summed E-state index contributed by atoms with van der Waals surface area (Å²) in [5.74, 6) is -0.266. The van der Waals surface area contributed by atoms with Gasteiger partial charge in [-0.2, -0.15) is 0 Å². The van der Waals surface area contributed by atoms with Crippen LogP contribution in [0.3, 0.4) is 0 Å². The first-order chi connectivity index (χ1) is 10.7. The molecule has 0 spiro atoms. The van der Waals surface area contributed by atoms with Gasteiger partial charge >= 0.3 is 0 Å². The lowest BCUT2D eigenvalue weighted by molar-refractivity contribution is -0.288. The molecule has 3 heteroatoms. The Labute approximate surface area is 139 Å². The molecule has 2 aliphatic carbocycles. The van der Waals surface area contributed by atoms with Crippen molar-refractivity contribution >= 4 is 0 Å². The maximum absolute atomic E-state index is 11.3. The van der Waals surface area contributed by atoms with Crippen LogP contribution in [0.2, 0.25) is 0 Å². The number of aliphatic hydroxyl groups is 2. The van der Waals surface area contributed by atoms with Gasteiger partial charge in [-0.1, -0.05) is 38.8 Å². The number of hydrogen-bond acceptors (Lipinski definition) is 3. The molecule has 1 saturated heterocycles. The Hall–Kier alpha value is -0.640. The van der Waals surface area contributed by atoms with Crippen LogP contribution in [0.4, 0.5) is 0 Å². The Morgan fingerprint density at radius 1 is 1.26 bits per heavy atom. The number of aliphatic hydroxyl groups excluding tert-OH is 1. The molecular weight excluding hydrogens is 288 g/mol. The monoisotopic (exact) mass is 318 g/mol. The molecule has 2 aliphatic heterocycles. The van der Waals surface area contributed by atoms with Gasteiger partial charge in [0, 0.05) is 5.41 Å². The zero-order valence-electron chi connectivity index (χ0n) is 14.9. The summed E-state index contributed by atoms with van der Waals surface area (Å²) in [6.07, 6.45) is 7.20. The van der Waals surface area contributed by atoms with Crippen LogP contribution in [0.15, 0.2) is 22.8 Å². The zero-order chi connectivity index (χ0) is 16.6. The average Bonchev–Trinajstić information content (AvgIpc) is 2.98. The summed E-state index contributed by atoms with van der Waals surface area (Å²) in [5, 5.41) is 20.9. The van der Waals surface area contributed by atoms with Gasteiger partial charge in [0.2, 0.25) is 0 Å². The summed E-state index contributed by atoms with van der Waals surface area (Å²) in [7, 11) is 0. The molecule has 3 nitrogen and oxygen atoms in total. The number of hydrogen-bond donors (Lipinski definition) is 2. The molecule has 0 unspecified atom stereocenters. The van der Waals surface area contributed by atoms with E-state index in [1.165, 1.54) is 12.8 Å². The van der Waals surface area contributed by atoms with Gasteiger partial charge in [0.15, 0.2) is 5.79 Å². The molecule has 2 heterocycles. The standard InChI is InChI=1S/C20H30O3/c1-12(2)14-5-6-18(3)7-8-19(4)15(17(14)18)9-16-13(11-21)10-20(19,22)23-16/h10,12,15-16,21-22H,5-9,11H2,1-4H3/t15-,16+,18+,19+,20+/m0/s1. The summed E-state index contributed by atoms with van der Waals surface area (Å²) in [5.41, 5.74) is 4.14. The van der Waals surface area contributed by atoms with Gasteiger partial charge in [0.1, 0.15) is 0 Å². The van der Waals surface area contributed by atoms with Crippen LogP contribution in [0.5, 0.6) is 0 Å². The topological polar surface area (TPSA) is 49.7 Å². The number of rotatable bonds is 2. The van der Waals surface area contributed by atoms with Gasteiger partial charge < -0.3 is 14.9 Å². The second kappa shape index (κ2) is 4.71. The largest absolute Gasteiger partial charge is 0.392 e. The van der Waals surface area contributed by atoms with Gasteiger partial charge in [0.25, 0.3) is 0 Å². The molecule has 2 N–H and O–H groups in total. The summed E-state index contributed by atoms with van der Waals surface area (Å²) >= 11 is 0. The molecule has 23 heavy (non-hydrogen) atoms. The third-order valence-electron chi connectivity index (χ3n) is 7.52. The lowest BCUT2D eigenvalue weighted by Gasteiger charge is -2.57. The van der Waals surface area contributed by atoms with E-state index < -0.39 is 5.79 Å². The van der Waals surface area contributed by atoms with Crippen LogP contribution in [0.25, 0.3) is 0 Å². The van der Waals surface area contributed by atoms with Crippen LogP contribution in [-0.2, 0) is 4.74 Å². The number of allylic oxidation sites excluding steroid dienone is 2. The fourth-order valence-electron chi connectivity index (χ4n) is 5.94. The number of fused-ring (bicyclic) bond motifs is 6. The first kappa shape index (κ1) is 15.9. The molecule has 5 atom stereocenters. The molecule has 0 aromatic carbocycles. The molecular formula is C20H30O3. The van der Waals surface area contributed by atoms with Gasteiger partial charge in [-0.05, 0) is 61.0 Å². The second-order valence-corrected chi connectivity index (χ2v) is 9.04. The molecule has 0 radical (unpaired) electrons. The third kappa shape index (κ3) is 1.87. The van der Waals surface area contributed by atoms with Crippen LogP contribution >= 0.6 is 0 Å². The molecule has 0 aromatic rings. The number of ether oxygens (including phenoxy) is 1. The fourth-order valence-corrected chi connectivity index (χ4v) is 5.94. The van der Waals surface area contributed by atoms with Crippen molar-refractivity contribution < 1.29 is 14.9 Å². The van der Waals surface area contributed by atoms with Gasteiger partial charge in [-0.3, -0.25) is 0 Å². The molecule has 4 rings (SSSR count). The van der Waals surface area contributed by atoms with E-state index in [0.29, 0.717) is 17.3 Å². The predicted molar refractivity (Wildman–Crippen MR) is 89.6 cm³/mol. The summed E-state index contributed by atoms with van der Waals surface area (Å²) in [6, 6.07) is 0. The molecule has 0 aromatic heterocycles. The van der Waals surface area contributed by atoms with Crippen LogP contribution in [0.1, 0.15) is 59.8 Å². The molecule has 128 valence electrons. The predicted octanol–water partition coefficient (Wildman–Crippen LogP) is 3.57. The second-order valence-electron chi connectivity index (χ2n) is 9.04. The highest BCUT2D eigenvalue weighted by Gasteiger charge is 2.65. The summed E-state index contributed by atoms with van der Waals surface area (Å²) < 4.78 is 6.02. The molecule has 2 bridgehead atoms. The van der Waals surface area contributed by atoms with Crippen molar-refractivity contribution in [3.63, 3.8) is 0 Å². The minimum absolute atomic E-state index is 0.0108. The van der Waals surface area contributed by atoms with Crippen molar-refractivity contribution in [2.75, 3.05) is 6.61 Å². The van der Waals surface area contributed by atoms with E-state index in [-0.39, 0.29) is 18.1 Å². The van der Waals surface area contributed by atoms with Crippen molar-refractivity contribution in [3.8, 4) is 0 Å². The van der Waals surface area contributed by atoms with E-state index in [4.69, 9.17) is 4.74 Å². The Kier molecular flexibility index (Phi) is 3.25. The fraction of sp³-hybridized carbons (Fsp3) is 0.800. The Morgan fingerprint density at radius 2 is 2.00 bits per heavy atom. The van der Waals surface area contributed by atoms with Crippen LogP contribution in [0, 0.1) is 22.7 Å². The SMILES string of the molecule is CC(C)C1=C2[C@@H]3C[C@H]4O[C@](O)(C=C4CO)[C@]3(C)CC[C@@]2(C)CC1. The Bertz CT molecular complexity index is 604. The van der Waals surface area contributed by atoms with E-state index in [1.54, 1.807) is 11.1 Å². The van der Waals surface area contributed by atoms with E-state index in [1.807, 2.05) is 6.08 Å². The van der Waals surface area contributed by atoms with Crippen molar-refractivity contribution in [1.82, 2.24) is 0 Å². The van der Waals surface area contributed by atoms with Crippen LogP contribution in [-0.4, -0.2) is 28.7 Å². The van der Waals surface area contributed by atoms with E-state index >= 15 is 0 Å². The van der Waals surface area contributed by atoms with Crippen molar-refractivity contribution in [2.24, 2.45) is 22.7 Å². The zero-order valence-corrected chi connectivity index (χ0v) is 14.9. The maximum Gasteiger partial charge on any atom is 0.192 e. The van der Waals surface area contributed by atoms with Crippen molar-refractivity contribution in [2.45, 2.75) is 71.7 Å². The average molecular weight is 318 g/mol. The Balaban J connectivity index is 1.85. The van der Waals surface area contributed by atoms with Crippen LogP contribution < -0.4 is 0 Å². The van der Waals surface area contributed by atoms with Crippen molar-refractivity contribution in [1.29, 1.82) is 0 Å². The van der Waals surface area contributed by atoms with E-state index in [9.17, 15) is 10.2 Å². The third-order valence-corrected chi connectivity index (χ3v) is 7.52. The normalized spacial score (nSPS) is 48.6. The molecule has 1 saturated carbocycles. The highest BCUT2D eigenvalue weighted by molar-refractivity contribution is 5.40. The lowest BCUT2D eigenvalue weighted by Crippen LogP contribution is -2.58. The van der Waals surface area contributed by atoms with Gasteiger partial charge in [-0.15, -0.1) is 0 Å². The first-order valence-electron chi connectivity index (χ1n) is 9.20. The summed E-state index contributed by atoms with van der Waals surface area (Å²) in [4.78, 5) is 0. The van der Waals surface area contributed by atoms with Gasteiger partial charge in [-0.25, -0.2) is 0 Å². The summed E-state index contributed by atoms with van der Waals surface area (Å²) in [6.45, 7) is 9.23. The minimum atomic E-state index is -1.21. The Morgan fingerprint density at radius 3 is 2.65 bits per heavy atom. The smallest absolute Gasteiger partial charge is 0.192 e. The molecule has 0 amide bonds. The minimum Gasteiger partial charge on any atom is -0.392 e. The lowest BCUT2D eigenvalue weighted by atomic mass is 9.52. The van der Waals surface area contributed by atoms with Gasteiger partial charge in [0.05, 0.1) is 12.7 Å². The maximum atomic E-state index is 11.3. The van der Waals surface area contributed by atoms with E-state index in [2.05, 4.69) is 27.7 Å². The molecule has 2 fully saturated rings. The highest BCUT2D eigenvalue weighted by Crippen LogP contribution is 2.67. The quantitative estimate of drug-likeness (QED) is 0.765. The first-order valence-corrected chi connectivity index (χ1v) is 9.20. The molecule has 4 aliphatic rings.